The Hall–Kier alpha value is -1.14. The van der Waals surface area contributed by atoms with E-state index in [-0.39, 0.29) is 5.56 Å². The first-order chi connectivity index (χ1) is 7.43. The molecular weight excluding hydrogens is 223 g/mol. The Bertz CT molecular complexity index is 323. The number of nitrogens with zero attached hydrogens (tertiary/aromatic N) is 1. The lowest BCUT2D eigenvalue weighted by Crippen LogP contribution is -2.36. The number of ether oxygens (including phenoxy) is 2. The van der Waals surface area contributed by atoms with Crippen LogP contribution >= 0.6 is 0 Å². The van der Waals surface area contributed by atoms with E-state index in [2.05, 4.69) is 4.98 Å². The van der Waals surface area contributed by atoms with E-state index in [0.29, 0.717) is 0 Å². The van der Waals surface area contributed by atoms with Crippen molar-refractivity contribution < 1.29 is 22.6 Å². The fourth-order valence-electron chi connectivity index (χ4n) is 1.44. The third-order valence-corrected chi connectivity index (χ3v) is 2.21. The lowest BCUT2D eigenvalue weighted by Gasteiger charge is -2.31. The van der Waals surface area contributed by atoms with Crippen LogP contribution in [0.2, 0.25) is 0 Å². The monoisotopic (exact) mass is 235 g/mol. The van der Waals surface area contributed by atoms with Crippen LogP contribution in [0.15, 0.2) is 24.5 Å². The molecular formula is C10H12F3NO2. The minimum Gasteiger partial charge on any atom is -0.349 e. The van der Waals surface area contributed by atoms with E-state index >= 15 is 0 Å². The summed E-state index contributed by atoms with van der Waals surface area (Å²) in [7, 11) is 2.35. The normalized spacial score (nSPS) is 12.8. The summed E-state index contributed by atoms with van der Waals surface area (Å²) >= 11 is 0. The third kappa shape index (κ3) is 2.93. The molecule has 0 amide bonds. The molecule has 6 heteroatoms. The molecule has 0 aliphatic carbocycles. The molecule has 0 saturated carbocycles. The van der Waals surface area contributed by atoms with Crippen molar-refractivity contribution in [2.24, 2.45) is 0 Å². The molecule has 3 nitrogen and oxygen atoms in total. The second kappa shape index (κ2) is 4.80. The lowest BCUT2D eigenvalue weighted by atomic mass is 10.0. The van der Waals surface area contributed by atoms with E-state index in [4.69, 9.17) is 9.47 Å². The summed E-state index contributed by atoms with van der Waals surface area (Å²) in [6.07, 6.45) is -2.82. The van der Waals surface area contributed by atoms with Gasteiger partial charge in [0.05, 0.1) is 0 Å². The van der Waals surface area contributed by atoms with Gasteiger partial charge in [-0.2, -0.15) is 13.2 Å². The van der Waals surface area contributed by atoms with Gasteiger partial charge in [0.15, 0.2) is 0 Å². The molecule has 0 radical (unpaired) electrons. The molecule has 0 spiro atoms. The van der Waals surface area contributed by atoms with Crippen LogP contribution in [0.5, 0.6) is 0 Å². The molecule has 1 aromatic heterocycles. The fourth-order valence-corrected chi connectivity index (χ4v) is 1.44. The Morgan fingerprint density at radius 2 is 1.62 bits per heavy atom. The van der Waals surface area contributed by atoms with Gasteiger partial charge in [0.2, 0.25) is 5.79 Å². The summed E-state index contributed by atoms with van der Waals surface area (Å²) in [5.41, 5.74) is 0.282. The summed E-state index contributed by atoms with van der Waals surface area (Å²) < 4.78 is 47.1. The first kappa shape index (κ1) is 12.9. The highest BCUT2D eigenvalue weighted by Gasteiger charge is 2.44. The molecule has 0 N–H and O–H groups in total. The van der Waals surface area contributed by atoms with Crippen molar-refractivity contribution in [3.63, 3.8) is 0 Å². The van der Waals surface area contributed by atoms with Crippen LogP contribution in [0, 0.1) is 0 Å². The van der Waals surface area contributed by atoms with Crippen LogP contribution in [0.25, 0.3) is 0 Å². The van der Waals surface area contributed by atoms with Gasteiger partial charge in [-0.15, -0.1) is 0 Å². The van der Waals surface area contributed by atoms with Crippen molar-refractivity contribution in [3.8, 4) is 0 Å². The molecule has 0 bridgehead atoms. The molecule has 0 aliphatic rings. The lowest BCUT2D eigenvalue weighted by molar-refractivity contribution is -0.277. The van der Waals surface area contributed by atoms with Crippen LogP contribution in [0.1, 0.15) is 12.0 Å². The Morgan fingerprint density at radius 3 is 2.00 bits per heavy atom. The molecule has 16 heavy (non-hydrogen) atoms. The van der Waals surface area contributed by atoms with E-state index in [1.165, 1.54) is 38.7 Å². The van der Waals surface area contributed by atoms with Crippen LogP contribution in [-0.2, 0) is 15.3 Å². The van der Waals surface area contributed by atoms with Gasteiger partial charge in [-0.05, 0) is 12.1 Å². The maximum Gasteiger partial charge on any atom is 0.394 e. The first-order valence-electron chi connectivity index (χ1n) is 4.51. The summed E-state index contributed by atoms with van der Waals surface area (Å²) in [6.45, 7) is 0. The van der Waals surface area contributed by atoms with Crippen molar-refractivity contribution in [2.45, 2.75) is 18.4 Å². The molecule has 90 valence electrons. The molecule has 0 fully saturated rings. The van der Waals surface area contributed by atoms with Gasteiger partial charge in [-0.1, -0.05) is 0 Å². The highest BCUT2D eigenvalue weighted by Crippen LogP contribution is 2.37. The smallest absolute Gasteiger partial charge is 0.349 e. The Labute approximate surface area is 91.2 Å². The number of methoxy groups -OCH3 is 2. The van der Waals surface area contributed by atoms with Crippen LogP contribution in [-0.4, -0.2) is 25.4 Å². The minimum absolute atomic E-state index is 0.282. The molecule has 1 heterocycles. The van der Waals surface area contributed by atoms with E-state index < -0.39 is 18.4 Å². The van der Waals surface area contributed by atoms with Crippen LogP contribution in [0.3, 0.4) is 0 Å². The second-order valence-electron chi connectivity index (χ2n) is 3.19. The predicted molar refractivity (Wildman–Crippen MR) is 50.6 cm³/mol. The van der Waals surface area contributed by atoms with Gasteiger partial charge in [-0.25, -0.2) is 0 Å². The standard InChI is InChI=1S/C10H12F3NO2/c1-15-9(16-2,7-10(11,12)13)8-3-5-14-6-4-8/h3-6H,7H2,1-2H3. The molecule has 1 rings (SSSR count). The maximum atomic E-state index is 12.4. The molecule has 1 aromatic rings. The van der Waals surface area contributed by atoms with Gasteiger partial charge in [0.25, 0.3) is 0 Å². The number of halogens is 3. The van der Waals surface area contributed by atoms with E-state index in [1.807, 2.05) is 0 Å². The van der Waals surface area contributed by atoms with Crippen molar-refractivity contribution in [3.05, 3.63) is 30.1 Å². The van der Waals surface area contributed by atoms with Crippen LogP contribution < -0.4 is 0 Å². The largest absolute Gasteiger partial charge is 0.394 e. The van der Waals surface area contributed by atoms with Gasteiger partial charge < -0.3 is 9.47 Å². The number of hydrogen-bond donors (Lipinski definition) is 0. The van der Waals surface area contributed by atoms with Gasteiger partial charge in [0, 0.05) is 32.2 Å². The average molecular weight is 235 g/mol. The Kier molecular flexibility index (Phi) is 3.88. The topological polar surface area (TPSA) is 31.4 Å². The fraction of sp³-hybridized carbons (Fsp3) is 0.500. The second-order valence-corrected chi connectivity index (χ2v) is 3.19. The first-order valence-corrected chi connectivity index (χ1v) is 4.51. The number of aromatic nitrogens is 1. The van der Waals surface area contributed by atoms with E-state index in [9.17, 15) is 13.2 Å². The van der Waals surface area contributed by atoms with Gasteiger partial charge in [0.1, 0.15) is 6.42 Å². The molecule has 0 aromatic carbocycles. The van der Waals surface area contributed by atoms with Crippen molar-refractivity contribution in [1.29, 1.82) is 0 Å². The molecule has 0 aliphatic heterocycles. The summed E-state index contributed by atoms with van der Waals surface area (Å²) in [4.78, 5) is 3.73. The predicted octanol–water partition coefficient (Wildman–Crippen LogP) is 2.48. The SMILES string of the molecule is COC(CC(F)(F)F)(OC)c1ccncc1. The van der Waals surface area contributed by atoms with Crippen molar-refractivity contribution in [1.82, 2.24) is 4.98 Å². The molecule has 0 unspecified atom stereocenters. The zero-order valence-electron chi connectivity index (χ0n) is 8.91. The van der Waals surface area contributed by atoms with Gasteiger partial charge in [-0.3, -0.25) is 4.98 Å². The molecule has 0 saturated heterocycles. The Morgan fingerprint density at radius 1 is 1.12 bits per heavy atom. The summed E-state index contributed by atoms with van der Waals surface area (Å²) in [6, 6.07) is 2.86. The summed E-state index contributed by atoms with van der Waals surface area (Å²) in [5.74, 6) is -1.80. The number of alkyl halides is 3. The number of hydrogen-bond acceptors (Lipinski definition) is 3. The van der Waals surface area contributed by atoms with Crippen LogP contribution in [0.4, 0.5) is 13.2 Å². The highest BCUT2D eigenvalue weighted by molar-refractivity contribution is 5.17. The van der Waals surface area contributed by atoms with E-state index in [1.54, 1.807) is 0 Å². The molecule has 0 atom stereocenters. The number of rotatable bonds is 4. The third-order valence-electron chi connectivity index (χ3n) is 2.21. The van der Waals surface area contributed by atoms with Gasteiger partial charge >= 0.3 is 6.18 Å². The van der Waals surface area contributed by atoms with E-state index in [0.717, 1.165) is 0 Å². The Balaban J connectivity index is 3.06. The highest BCUT2D eigenvalue weighted by atomic mass is 19.4. The zero-order chi connectivity index (χ0) is 12.2. The maximum absolute atomic E-state index is 12.4. The van der Waals surface area contributed by atoms with Crippen molar-refractivity contribution in [2.75, 3.05) is 14.2 Å². The zero-order valence-corrected chi connectivity index (χ0v) is 8.91. The average Bonchev–Trinajstić information content (AvgIpc) is 2.26. The quantitative estimate of drug-likeness (QED) is 0.751. The minimum atomic E-state index is -4.38. The van der Waals surface area contributed by atoms with Crippen molar-refractivity contribution >= 4 is 0 Å². The summed E-state index contributed by atoms with van der Waals surface area (Å²) in [5, 5.41) is 0. The number of pyridine rings is 1.